The van der Waals surface area contributed by atoms with E-state index in [-0.39, 0.29) is 0 Å². The first-order valence-electron chi connectivity index (χ1n) is 6.47. The summed E-state index contributed by atoms with van der Waals surface area (Å²) in [6, 6.07) is 11.6. The molecule has 0 bridgehead atoms. The van der Waals surface area contributed by atoms with Gasteiger partial charge in [0.2, 0.25) is 0 Å². The van der Waals surface area contributed by atoms with Crippen molar-refractivity contribution in [1.29, 1.82) is 0 Å². The summed E-state index contributed by atoms with van der Waals surface area (Å²) in [4.78, 5) is 6.19. The second-order valence-corrected chi connectivity index (χ2v) is 5.98. The van der Waals surface area contributed by atoms with Gasteiger partial charge in [0.15, 0.2) is 0 Å². The topological polar surface area (TPSA) is 59.1 Å². The van der Waals surface area contributed by atoms with Crippen LogP contribution in [-0.4, -0.2) is 10.1 Å². The van der Waals surface area contributed by atoms with Crippen LogP contribution in [0.5, 0.6) is 0 Å². The Kier molecular flexibility index (Phi) is 3.20. The molecule has 3 rings (SSSR count). The van der Waals surface area contributed by atoms with Gasteiger partial charge in [0, 0.05) is 11.1 Å². The van der Waals surface area contributed by atoms with Crippen LogP contribution in [0.3, 0.4) is 0 Å². The van der Waals surface area contributed by atoms with Crippen LogP contribution in [0.25, 0.3) is 10.2 Å². The van der Waals surface area contributed by atoms with E-state index < -0.39 is 6.10 Å². The molecule has 2 aromatic heterocycles. The van der Waals surface area contributed by atoms with Crippen molar-refractivity contribution in [3.63, 3.8) is 0 Å². The zero-order valence-electron chi connectivity index (χ0n) is 11.4. The normalized spacial score (nSPS) is 12.8. The largest absolute Gasteiger partial charge is 0.397 e. The Bertz CT molecular complexity index is 765. The van der Waals surface area contributed by atoms with Gasteiger partial charge in [-0.15, -0.1) is 11.3 Å². The monoisotopic (exact) mass is 284 g/mol. The lowest BCUT2D eigenvalue weighted by Gasteiger charge is -2.09. The van der Waals surface area contributed by atoms with Gasteiger partial charge in [-0.1, -0.05) is 30.3 Å². The number of nitrogen functional groups attached to an aromatic ring is 1. The molecule has 4 heteroatoms. The molecule has 1 unspecified atom stereocenters. The van der Waals surface area contributed by atoms with Crippen LogP contribution in [0.15, 0.2) is 36.4 Å². The average Bonchev–Trinajstić information content (AvgIpc) is 2.76. The van der Waals surface area contributed by atoms with Gasteiger partial charge < -0.3 is 10.8 Å². The van der Waals surface area contributed by atoms with Gasteiger partial charge in [-0.2, -0.15) is 0 Å². The number of thiophene rings is 1. The van der Waals surface area contributed by atoms with Crippen molar-refractivity contribution < 1.29 is 5.11 Å². The molecule has 0 spiro atoms. The van der Waals surface area contributed by atoms with E-state index in [2.05, 4.69) is 4.98 Å². The Morgan fingerprint density at radius 2 is 1.90 bits per heavy atom. The highest BCUT2D eigenvalue weighted by Gasteiger charge is 2.20. The number of benzene rings is 1. The maximum atomic E-state index is 10.5. The average molecular weight is 284 g/mol. The molecule has 20 heavy (non-hydrogen) atoms. The zero-order valence-corrected chi connectivity index (χ0v) is 12.2. The van der Waals surface area contributed by atoms with Gasteiger partial charge in [-0.3, -0.25) is 0 Å². The summed E-state index contributed by atoms with van der Waals surface area (Å²) in [7, 11) is 0. The first-order valence-corrected chi connectivity index (χ1v) is 7.28. The van der Waals surface area contributed by atoms with Crippen molar-refractivity contribution >= 4 is 27.2 Å². The minimum Gasteiger partial charge on any atom is -0.397 e. The van der Waals surface area contributed by atoms with Crippen molar-refractivity contribution in [3.8, 4) is 0 Å². The summed E-state index contributed by atoms with van der Waals surface area (Å²) in [6.07, 6.45) is -0.699. The number of nitrogens with two attached hydrogens (primary N) is 1. The molecule has 1 aromatic carbocycles. The highest BCUT2D eigenvalue weighted by molar-refractivity contribution is 7.19. The molecule has 0 aliphatic heterocycles. The highest BCUT2D eigenvalue weighted by Crippen LogP contribution is 2.40. The van der Waals surface area contributed by atoms with E-state index in [1.54, 1.807) is 0 Å². The van der Waals surface area contributed by atoms with E-state index in [4.69, 9.17) is 5.73 Å². The minimum atomic E-state index is -0.699. The smallest absolute Gasteiger partial charge is 0.126 e. The Morgan fingerprint density at radius 1 is 1.20 bits per heavy atom. The molecule has 3 nitrogen and oxygen atoms in total. The first kappa shape index (κ1) is 13.1. The lowest BCUT2D eigenvalue weighted by Crippen LogP contribution is -2.00. The van der Waals surface area contributed by atoms with Gasteiger partial charge >= 0.3 is 0 Å². The standard InChI is InChI=1S/C16H16N2OS/c1-9-8-10(2)18-16-12(9)13(17)15(20-16)14(19)11-6-4-3-5-7-11/h3-8,14,19H,17H2,1-2H3. The van der Waals surface area contributed by atoms with Crippen molar-refractivity contribution in [3.05, 3.63) is 58.1 Å². The van der Waals surface area contributed by atoms with E-state index in [0.29, 0.717) is 5.69 Å². The predicted octanol–water partition coefficient (Wildman–Crippen LogP) is 3.58. The molecule has 1 atom stereocenters. The summed E-state index contributed by atoms with van der Waals surface area (Å²) in [5, 5.41) is 11.5. The van der Waals surface area contributed by atoms with Gasteiger partial charge in [-0.25, -0.2) is 4.98 Å². The lowest BCUT2D eigenvalue weighted by atomic mass is 10.1. The Labute approximate surface area is 121 Å². The number of rotatable bonds is 2. The van der Waals surface area contributed by atoms with Crippen molar-refractivity contribution in [1.82, 2.24) is 4.98 Å². The van der Waals surface area contributed by atoms with Crippen LogP contribution in [-0.2, 0) is 0 Å². The third kappa shape index (κ3) is 2.07. The molecule has 0 aliphatic rings. The second-order valence-electron chi connectivity index (χ2n) is 4.95. The van der Waals surface area contributed by atoms with E-state index >= 15 is 0 Å². The van der Waals surface area contributed by atoms with Crippen molar-refractivity contribution in [2.45, 2.75) is 20.0 Å². The van der Waals surface area contributed by atoms with Gasteiger partial charge in [0.25, 0.3) is 0 Å². The Morgan fingerprint density at radius 3 is 2.60 bits per heavy atom. The summed E-state index contributed by atoms with van der Waals surface area (Å²) in [5.74, 6) is 0. The van der Waals surface area contributed by atoms with E-state index in [9.17, 15) is 5.11 Å². The summed E-state index contributed by atoms with van der Waals surface area (Å²) in [6.45, 7) is 3.99. The maximum absolute atomic E-state index is 10.5. The quantitative estimate of drug-likeness (QED) is 0.756. The fourth-order valence-corrected chi connectivity index (χ4v) is 3.71. The van der Waals surface area contributed by atoms with Crippen LogP contribution in [0.1, 0.15) is 27.8 Å². The molecule has 2 heterocycles. The molecule has 0 amide bonds. The minimum absolute atomic E-state index is 0.645. The maximum Gasteiger partial charge on any atom is 0.126 e. The number of pyridine rings is 1. The van der Waals surface area contributed by atoms with Crippen LogP contribution in [0.2, 0.25) is 0 Å². The number of fused-ring (bicyclic) bond motifs is 1. The summed E-state index contributed by atoms with van der Waals surface area (Å²) < 4.78 is 0. The molecule has 3 N–H and O–H groups in total. The fraction of sp³-hybridized carbons (Fsp3) is 0.188. The van der Waals surface area contributed by atoms with Crippen LogP contribution in [0.4, 0.5) is 5.69 Å². The van der Waals surface area contributed by atoms with E-state index in [1.807, 2.05) is 50.2 Å². The van der Waals surface area contributed by atoms with Gasteiger partial charge in [0.05, 0.1) is 10.6 Å². The Hall–Kier alpha value is -1.91. The molecule has 3 aromatic rings. The zero-order chi connectivity index (χ0) is 14.3. The predicted molar refractivity (Wildman–Crippen MR) is 84.0 cm³/mol. The summed E-state index contributed by atoms with van der Waals surface area (Å²) >= 11 is 1.47. The lowest BCUT2D eigenvalue weighted by molar-refractivity contribution is 0.225. The van der Waals surface area contributed by atoms with Crippen molar-refractivity contribution in [2.75, 3.05) is 5.73 Å². The van der Waals surface area contributed by atoms with E-state index in [1.165, 1.54) is 11.3 Å². The third-order valence-corrected chi connectivity index (χ3v) is 4.57. The number of aliphatic hydroxyl groups excluding tert-OH is 1. The van der Waals surface area contributed by atoms with Gasteiger partial charge in [-0.05, 0) is 31.0 Å². The number of aromatic nitrogens is 1. The molecule has 0 fully saturated rings. The van der Waals surface area contributed by atoms with E-state index in [0.717, 1.165) is 31.9 Å². The summed E-state index contributed by atoms with van der Waals surface area (Å²) in [5.41, 5.74) is 9.80. The molecule has 0 saturated carbocycles. The third-order valence-electron chi connectivity index (χ3n) is 3.42. The number of aryl methyl sites for hydroxylation is 2. The second kappa shape index (κ2) is 4.89. The molecule has 0 radical (unpaired) electrons. The van der Waals surface area contributed by atoms with Crippen LogP contribution in [0, 0.1) is 13.8 Å². The molecular weight excluding hydrogens is 268 g/mol. The molecule has 102 valence electrons. The molecule has 0 saturated heterocycles. The Balaban J connectivity index is 2.18. The number of anilines is 1. The molecular formula is C16H16N2OS. The number of aliphatic hydroxyl groups is 1. The highest BCUT2D eigenvalue weighted by atomic mass is 32.1. The van der Waals surface area contributed by atoms with Crippen molar-refractivity contribution in [2.24, 2.45) is 0 Å². The van der Waals surface area contributed by atoms with Crippen LogP contribution >= 0.6 is 11.3 Å². The van der Waals surface area contributed by atoms with Gasteiger partial charge in [0.1, 0.15) is 10.9 Å². The number of nitrogens with zero attached hydrogens (tertiary/aromatic N) is 1. The fourth-order valence-electron chi connectivity index (χ4n) is 2.48. The first-order chi connectivity index (χ1) is 9.58. The SMILES string of the molecule is Cc1cc(C)c2c(N)c(C(O)c3ccccc3)sc2n1. The number of hydrogen-bond donors (Lipinski definition) is 2. The van der Waals surface area contributed by atoms with Crippen LogP contribution < -0.4 is 5.73 Å². The molecule has 0 aliphatic carbocycles. The number of hydrogen-bond acceptors (Lipinski definition) is 4.